The van der Waals surface area contributed by atoms with Gasteiger partial charge < -0.3 is 20.9 Å². The summed E-state index contributed by atoms with van der Waals surface area (Å²) in [5.74, 6) is 0.0745. The Morgan fingerprint density at radius 2 is 2.29 bits per heavy atom. The van der Waals surface area contributed by atoms with Gasteiger partial charge in [0, 0.05) is 5.69 Å². The first-order valence-electron chi connectivity index (χ1n) is 5.01. The Balaban J connectivity index is 2.92. The Morgan fingerprint density at radius 3 is 2.82 bits per heavy atom. The Kier molecular flexibility index (Phi) is 4.74. The van der Waals surface area contributed by atoms with Crippen LogP contribution in [0.4, 0.5) is 5.69 Å². The number of anilines is 1. The molecule has 0 aliphatic rings. The Labute approximate surface area is 105 Å². The maximum atomic E-state index is 11.5. The number of amides is 1. The molecule has 5 nitrogen and oxygen atoms in total. The van der Waals surface area contributed by atoms with Crippen molar-refractivity contribution in [3.8, 4) is 5.75 Å². The van der Waals surface area contributed by atoms with Crippen LogP contribution in [0.5, 0.6) is 5.75 Å². The normalized spacial score (nSPS) is 12.1. The second-order valence-corrected chi connectivity index (χ2v) is 3.99. The molecule has 0 saturated carbocycles. The van der Waals surface area contributed by atoms with Crippen molar-refractivity contribution in [2.45, 2.75) is 13.0 Å². The summed E-state index contributed by atoms with van der Waals surface area (Å²) >= 11 is 5.94. The van der Waals surface area contributed by atoms with Crippen molar-refractivity contribution in [2.24, 2.45) is 5.73 Å². The molecule has 1 amide bonds. The fourth-order valence-corrected chi connectivity index (χ4v) is 1.50. The SMILES string of the molecule is COc1cc(C)c(NC(=O)C(N)CO)cc1Cl. The van der Waals surface area contributed by atoms with Crippen LogP contribution in [0.1, 0.15) is 5.56 Å². The van der Waals surface area contributed by atoms with E-state index >= 15 is 0 Å². The minimum atomic E-state index is -0.949. The lowest BCUT2D eigenvalue weighted by atomic mass is 10.1. The van der Waals surface area contributed by atoms with Crippen molar-refractivity contribution in [2.75, 3.05) is 19.0 Å². The van der Waals surface area contributed by atoms with E-state index in [0.29, 0.717) is 16.5 Å². The summed E-state index contributed by atoms with van der Waals surface area (Å²) in [6.07, 6.45) is 0. The summed E-state index contributed by atoms with van der Waals surface area (Å²) < 4.78 is 5.05. The van der Waals surface area contributed by atoms with Crippen LogP contribution in [0.3, 0.4) is 0 Å². The molecule has 1 atom stereocenters. The predicted octanol–water partition coefficient (Wildman–Crippen LogP) is 0.915. The number of nitrogens with two attached hydrogens (primary N) is 1. The molecule has 4 N–H and O–H groups in total. The van der Waals surface area contributed by atoms with Crippen molar-refractivity contribution in [3.05, 3.63) is 22.7 Å². The van der Waals surface area contributed by atoms with Gasteiger partial charge in [-0.1, -0.05) is 11.6 Å². The molecule has 0 spiro atoms. The molecule has 6 heteroatoms. The largest absolute Gasteiger partial charge is 0.495 e. The minimum Gasteiger partial charge on any atom is -0.495 e. The van der Waals surface area contributed by atoms with Crippen LogP contribution in [-0.4, -0.2) is 30.8 Å². The first-order valence-corrected chi connectivity index (χ1v) is 5.38. The standard InChI is InChI=1S/C11H15ClN2O3/c1-6-3-10(17-2)7(12)4-9(6)14-11(16)8(13)5-15/h3-4,8,15H,5,13H2,1-2H3,(H,14,16). The zero-order valence-corrected chi connectivity index (χ0v) is 10.4. The lowest BCUT2D eigenvalue weighted by Crippen LogP contribution is -2.38. The Morgan fingerprint density at radius 1 is 1.65 bits per heavy atom. The van der Waals surface area contributed by atoms with E-state index in [1.165, 1.54) is 7.11 Å². The molecule has 1 unspecified atom stereocenters. The molecule has 1 aromatic carbocycles. The van der Waals surface area contributed by atoms with Crippen molar-refractivity contribution in [3.63, 3.8) is 0 Å². The van der Waals surface area contributed by atoms with Crippen LogP contribution in [0.25, 0.3) is 0 Å². The van der Waals surface area contributed by atoms with Gasteiger partial charge in [0.2, 0.25) is 5.91 Å². The summed E-state index contributed by atoms with van der Waals surface area (Å²) in [4.78, 5) is 11.5. The summed E-state index contributed by atoms with van der Waals surface area (Å²) in [5.41, 5.74) is 6.73. The van der Waals surface area contributed by atoms with E-state index in [9.17, 15) is 4.79 Å². The molecule has 0 aliphatic carbocycles. The molecule has 0 bridgehead atoms. The fraction of sp³-hybridized carbons (Fsp3) is 0.364. The van der Waals surface area contributed by atoms with E-state index < -0.39 is 18.6 Å². The van der Waals surface area contributed by atoms with E-state index in [1.54, 1.807) is 19.1 Å². The molecule has 0 aliphatic heterocycles. The van der Waals surface area contributed by atoms with Crippen LogP contribution in [0.2, 0.25) is 5.02 Å². The molecule has 1 aromatic rings. The summed E-state index contributed by atoms with van der Waals surface area (Å²) in [6.45, 7) is 1.40. The molecular weight excluding hydrogens is 244 g/mol. The molecular formula is C11H15ClN2O3. The van der Waals surface area contributed by atoms with Crippen LogP contribution in [0.15, 0.2) is 12.1 Å². The first-order chi connectivity index (χ1) is 7.99. The van der Waals surface area contributed by atoms with Crippen LogP contribution < -0.4 is 15.8 Å². The number of carbonyl (C=O) groups is 1. The molecule has 0 fully saturated rings. The van der Waals surface area contributed by atoms with Gasteiger partial charge >= 0.3 is 0 Å². The Bertz CT molecular complexity index is 423. The topological polar surface area (TPSA) is 84.6 Å². The highest BCUT2D eigenvalue weighted by atomic mass is 35.5. The zero-order valence-electron chi connectivity index (χ0n) is 9.66. The highest BCUT2D eigenvalue weighted by Crippen LogP contribution is 2.30. The second-order valence-electron chi connectivity index (χ2n) is 3.58. The van der Waals surface area contributed by atoms with Gasteiger partial charge in [0.15, 0.2) is 0 Å². The fourth-order valence-electron chi connectivity index (χ4n) is 1.25. The second kappa shape index (κ2) is 5.86. The number of hydrogen-bond acceptors (Lipinski definition) is 4. The van der Waals surface area contributed by atoms with Gasteiger partial charge in [-0.05, 0) is 24.6 Å². The molecule has 94 valence electrons. The van der Waals surface area contributed by atoms with Crippen molar-refractivity contribution in [1.29, 1.82) is 0 Å². The number of aliphatic hydroxyl groups is 1. The number of hydrogen-bond donors (Lipinski definition) is 3. The van der Waals surface area contributed by atoms with Crippen molar-refractivity contribution >= 4 is 23.2 Å². The van der Waals surface area contributed by atoms with Gasteiger partial charge in [0.25, 0.3) is 0 Å². The monoisotopic (exact) mass is 258 g/mol. The summed E-state index contributed by atoms with van der Waals surface area (Å²) in [5, 5.41) is 11.7. The molecule has 0 aromatic heterocycles. The highest BCUT2D eigenvalue weighted by Gasteiger charge is 2.14. The van der Waals surface area contributed by atoms with Crippen molar-refractivity contribution < 1.29 is 14.6 Å². The Hall–Kier alpha value is -1.30. The quantitative estimate of drug-likeness (QED) is 0.750. The molecule has 1 rings (SSSR count). The first kappa shape index (κ1) is 13.8. The molecule has 0 saturated heterocycles. The molecule has 0 heterocycles. The smallest absolute Gasteiger partial charge is 0.243 e. The van der Waals surface area contributed by atoms with Crippen LogP contribution in [-0.2, 0) is 4.79 Å². The molecule has 0 radical (unpaired) electrons. The number of methoxy groups -OCH3 is 1. The highest BCUT2D eigenvalue weighted by molar-refractivity contribution is 6.32. The summed E-state index contributed by atoms with van der Waals surface area (Å²) in [6, 6.07) is 2.34. The molecule has 17 heavy (non-hydrogen) atoms. The summed E-state index contributed by atoms with van der Waals surface area (Å²) in [7, 11) is 1.51. The van der Waals surface area contributed by atoms with Gasteiger partial charge in [-0.2, -0.15) is 0 Å². The number of aryl methyl sites for hydroxylation is 1. The third-order valence-electron chi connectivity index (χ3n) is 2.29. The number of rotatable bonds is 4. The van der Waals surface area contributed by atoms with Gasteiger partial charge in [0.05, 0.1) is 18.7 Å². The third-order valence-corrected chi connectivity index (χ3v) is 2.59. The number of benzene rings is 1. The van der Waals surface area contributed by atoms with E-state index in [0.717, 1.165) is 5.56 Å². The van der Waals surface area contributed by atoms with Gasteiger partial charge in [-0.25, -0.2) is 0 Å². The third kappa shape index (κ3) is 3.33. The predicted molar refractivity (Wildman–Crippen MR) is 66.4 cm³/mol. The maximum Gasteiger partial charge on any atom is 0.243 e. The number of halogens is 1. The van der Waals surface area contributed by atoms with Crippen LogP contribution in [0, 0.1) is 6.92 Å². The number of carbonyl (C=O) groups excluding carboxylic acids is 1. The minimum absolute atomic E-state index is 0.394. The van der Waals surface area contributed by atoms with Crippen LogP contribution >= 0.6 is 11.6 Å². The van der Waals surface area contributed by atoms with E-state index in [1.807, 2.05) is 0 Å². The average Bonchev–Trinajstić information content (AvgIpc) is 2.32. The lowest BCUT2D eigenvalue weighted by Gasteiger charge is -2.13. The number of ether oxygens (including phenoxy) is 1. The number of aliphatic hydroxyl groups excluding tert-OH is 1. The van der Waals surface area contributed by atoms with E-state index in [-0.39, 0.29) is 0 Å². The number of nitrogens with one attached hydrogen (secondary N) is 1. The van der Waals surface area contributed by atoms with E-state index in [4.69, 9.17) is 27.2 Å². The maximum absolute atomic E-state index is 11.5. The van der Waals surface area contributed by atoms with Gasteiger partial charge in [-0.3, -0.25) is 4.79 Å². The lowest BCUT2D eigenvalue weighted by molar-refractivity contribution is -0.118. The van der Waals surface area contributed by atoms with Gasteiger partial charge in [-0.15, -0.1) is 0 Å². The average molecular weight is 259 g/mol. The van der Waals surface area contributed by atoms with Crippen molar-refractivity contribution in [1.82, 2.24) is 0 Å². The van der Waals surface area contributed by atoms with Gasteiger partial charge in [0.1, 0.15) is 11.8 Å². The zero-order chi connectivity index (χ0) is 13.0. The van der Waals surface area contributed by atoms with E-state index in [2.05, 4.69) is 5.32 Å².